The van der Waals surface area contributed by atoms with Gasteiger partial charge in [0.15, 0.2) is 23.2 Å². The summed E-state index contributed by atoms with van der Waals surface area (Å²) in [6, 6.07) is 4.51. The SMILES string of the molecule is Nc1ncnc2c1nc(/C=C/c1ccc(C(F)(F)F)cc1)n2[C@@H]1O[C@H](CO)[C@@H](O)[C@H]1O. The van der Waals surface area contributed by atoms with Crippen LogP contribution in [0.4, 0.5) is 19.0 Å². The van der Waals surface area contributed by atoms with Crippen LogP contribution < -0.4 is 5.73 Å². The Morgan fingerprint density at radius 2 is 1.81 bits per heavy atom. The summed E-state index contributed by atoms with van der Waals surface area (Å²) >= 11 is 0. The number of benzene rings is 1. The molecular weight excluding hydrogens is 419 g/mol. The van der Waals surface area contributed by atoms with E-state index in [2.05, 4.69) is 15.0 Å². The Hall–Kier alpha value is -3.06. The van der Waals surface area contributed by atoms with Crippen LogP contribution in [0.5, 0.6) is 0 Å². The lowest BCUT2D eigenvalue weighted by Crippen LogP contribution is -2.33. The number of hydrogen-bond donors (Lipinski definition) is 4. The van der Waals surface area contributed by atoms with Gasteiger partial charge in [-0.15, -0.1) is 0 Å². The number of rotatable bonds is 4. The highest BCUT2D eigenvalue weighted by atomic mass is 19.4. The summed E-state index contributed by atoms with van der Waals surface area (Å²) in [5.74, 6) is 0.275. The molecule has 12 heteroatoms. The van der Waals surface area contributed by atoms with Crippen LogP contribution in [-0.2, 0) is 10.9 Å². The van der Waals surface area contributed by atoms with Crippen LogP contribution in [0.1, 0.15) is 23.2 Å². The summed E-state index contributed by atoms with van der Waals surface area (Å²) in [6.45, 7) is -0.519. The number of hydrogen-bond acceptors (Lipinski definition) is 8. The number of halogens is 3. The first-order valence-corrected chi connectivity index (χ1v) is 9.17. The van der Waals surface area contributed by atoms with Gasteiger partial charge in [-0.25, -0.2) is 15.0 Å². The fourth-order valence-corrected chi connectivity index (χ4v) is 3.36. The quantitative estimate of drug-likeness (QED) is 0.478. The maximum absolute atomic E-state index is 12.7. The van der Waals surface area contributed by atoms with E-state index in [1.54, 1.807) is 0 Å². The molecule has 0 saturated carbocycles. The number of alkyl halides is 3. The number of anilines is 1. The zero-order chi connectivity index (χ0) is 22.3. The Morgan fingerprint density at radius 3 is 2.42 bits per heavy atom. The number of aliphatic hydroxyl groups is 3. The standard InChI is InChI=1S/C19H18F3N5O4/c20-19(21,22)10-4-1-9(2-5-10)3-6-12-26-13-16(23)24-8-25-17(13)27(12)18-15(30)14(29)11(7-28)31-18/h1-6,8,11,14-15,18,28-30H,7H2,(H2,23,24,25)/b6-3+/t11-,14-,15-,18-/m1/s1. The third-order valence-corrected chi connectivity index (χ3v) is 4.97. The number of nitrogens with zero attached hydrogens (tertiary/aromatic N) is 4. The number of fused-ring (bicyclic) bond motifs is 1. The van der Waals surface area contributed by atoms with Gasteiger partial charge in [0.25, 0.3) is 0 Å². The van der Waals surface area contributed by atoms with Crippen molar-refractivity contribution in [1.29, 1.82) is 0 Å². The van der Waals surface area contributed by atoms with Gasteiger partial charge < -0.3 is 25.8 Å². The smallest absolute Gasteiger partial charge is 0.394 e. The van der Waals surface area contributed by atoms with E-state index in [0.29, 0.717) is 5.56 Å². The van der Waals surface area contributed by atoms with E-state index in [0.717, 1.165) is 12.1 Å². The van der Waals surface area contributed by atoms with Gasteiger partial charge in [-0.3, -0.25) is 4.57 Å². The van der Waals surface area contributed by atoms with Gasteiger partial charge in [0.2, 0.25) is 0 Å². The van der Waals surface area contributed by atoms with Crippen molar-refractivity contribution in [2.75, 3.05) is 12.3 Å². The Balaban J connectivity index is 1.75. The molecule has 164 valence electrons. The van der Waals surface area contributed by atoms with Crippen molar-refractivity contribution in [3.05, 3.63) is 47.5 Å². The minimum absolute atomic E-state index is 0.0691. The summed E-state index contributed by atoms with van der Waals surface area (Å²) in [7, 11) is 0. The largest absolute Gasteiger partial charge is 0.416 e. The summed E-state index contributed by atoms with van der Waals surface area (Å²) in [5, 5.41) is 29.9. The molecule has 5 N–H and O–H groups in total. The number of nitrogens with two attached hydrogens (primary N) is 1. The zero-order valence-electron chi connectivity index (χ0n) is 15.8. The van der Waals surface area contributed by atoms with E-state index in [1.165, 1.54) is 35.2 Å². The van der Waals surface area contributed by atoms with Crippen molar-refractivity contribution in [2.45, 2.75) is 30.7 Å². The van der Waals surface area contributed by atoms with Crippen LogP contribution in [0.2, 0.25) is 0 Å². The number of imidazole rings is 1. The molecule has 0 amide bonds. The normalized spacial score (nSPS) is 24.5. The molecule has 3 heterocycles. The number of ether oxygens (including phenoxy) is 1. The lowest BCUT2D eigenvalue weighted by molar-refractivity contribution is -0.137. The van der Waals surface area contributed by atoms with Crippen LogP contribution >= 0.6 is 0 Å². The highest BCUT2D eigenvalue weighted by Crippen LogP contribution is 2.34. The Kier molecular flexibility index (Phi) is 5.39. The van der Waals surface area contributed by atoms with Gasteiger partial charge >= 0.3 is 6.18 Å². The Labute approximate surface area is 173 Å². The molecule has 1 aromatic carbocycles. The van der Waals surface area contributed by atoms with Crippen molar-refractivity contribution in [3.8, 4) is 0 Å². The van der Waals surface area contributed by atoms with E-state index >= 15 is 0 Å². The Morgan fingerprint density at radius 1 is 1.10 bits per heavy atom. The maximum atomic E-state index is 12.7. The van der Waals surface area contributed by atoms with Crippen molar-refractivity contribution >= 4 is 29.1 Å². The second kappa shape index (κ2) is 7.89. The fraction of sp³-hybridized carbons (Fsp3) is 0.316. The van der Waals surface area contributed by atoms with Crippen LogP contribution in [0, 0.1) is 0 Å². The van der Waals surface area contributed by atoms with E-state index in [-0.39, 0.29) is 22.8 Å². The molecule has 1 aliphatic rings. The predicted molar refractivity (Wildman–Crippen MR) is 103 cm³/mol. The van der Waals surface area contributed by atoms with Crippen LogP contribution in [0.25, 0.3) is 23.3 Å². The molecule has 2 aromatic heterocycles. The van der Waals surface area contributed by atoms with Gasteiger partial charge in [-0.05, 0) is 23.8 Å². The predicted octanol–water partition coefficient (Wildman–Crippen LogP) is 1.21. The average Bonchev–Trinajstić information content (AvgIpc) is 3.24. The maximum Gasteiger partial charge on any atom is 0.416 e. The monoisotopic (exact) mass is 437 g/mol. The first kappa shape index (κ1) is 21.2. The van der Waals surface area contributed by atoms with E-state index in [9.17, 15) is 28.5 Å². The first-order valence-electron chi connectivity index (χ1n) is 9.17. The molecule has 0 radical (unpaired) electrons. The van der Waals surface area contributed by atoms with Crippen LogP contribution in [0.15, 0.2) is 30.6 Å². The number of aliphatic hydroxyl groups excluding tert-OH is 3. The van der Waals surface area contributed by atoms with Gasteiger partial charge in [0.05, 0.1) is 12.2 Å². The summed E-state index contributed by atoms with van der Waals surface area (Å²) < 4.78 is 45.2. The third-order valence-electron chi connectivity index (χ3n) is 4.97. The summed E-state index contributed by atoms with van der Waals surface area (Å²) in [6.07, 6.45) is -5.15. The Bertz CT molecular complexity index is 1120. The highest BCUT2D eigenvalue weighted by Gasteiger charge is 2.44. The molecule has 0 unspecified atom stereocenters. The molecule has 9 nitrogen and oxygen atoms in total. The van der Waals surface area contributed by atoms with Crippen molar-refractivity contribution < 1.29 is 33.2 Å². The second-order valence-corrected chi connectivity index (χ2v) is 6.95. The molecule has 0 bridgehead atoms. The van der Waals surface area contributed by atoms with Gasteiger partial charge in [-0.2, -0.15) is 13.2 Å². The minimum atomic E-state index is -4.44. The van der Waals surface area contributed by atoms with E-state index < -0.39 is 42.9 Å². The second-order valence-electron chi connectivity index (χ2n) is 6.95. The number of aromatic nitrogens is 4. The minimum Gasteiger partial charge on any atom is -0.394 e. The van der Waals surface area contributed by atoms with Crippen molar-refractivity contribution in [2.24, 2.45) is 0 Å². The topological polar surface area (TPSA) is 140 Å². The van der Waals surface area contributed by atoms with E-state index in [1.807, 2.05) is 0 Å². The summed E-state index contributed by atoms with van der Waals surface area (Å²) in [5.41, 5.74) is 5.99. The van der Waals surface area contributed by atoms with Gasteiger partial charge in [0, 0.05) is 0 Å². The third kappa shape index (κ3) is 3.85. The molecule has 1 saturated heterocycles. The molecule has 0 aliphatic carbocycles. The lowest BCUT2D eigenvalue weighted by Gasteiger charge is -2.18. The van der Waals surface area contributed by atoms with Crippen molar-refractivity contribution in [1.82, 2.24) is 19.5 Å². The van der Waals surface area contributed by atoms with Gasteiger partial charge in [0.1, 0.15) is 30.5 Å². The molecule has 1 aliphatic heterocycles. The fourth-order valence-electron chi connectivity index (χ4n) is 3.36. The molecule has 3 aromatic rings. The first-order chi connectivity index (χ1) is 14.7. The highest BCUT2D eigenvalue weighted by molar-refractivity contribution is 5.84. The molecule has 1 fully saturated rings. The molecule has 31 heavy (non-hydrogen) atoms. The molecule has 0 spiro atoms. The average molecular weight is 437 g/mol. The van der Waals surface area contributed by atoms with Crippen LogP contribution in [-0.4, -0.2) is 59.8 Å². The van der Waals surface area contributed by atoms with E-state index in [4.69, 9.17) is 10.5 Å². The number of nitrogen functional groups attached to an aromatic ring is 1. The lowest BCUT2D eigenvalue weighted by atomic mass is 10.1. The van der Waals surface area contributed by atoms with Crippen molar-refractivity contribution in [3.63, 3.8) is 0 Å². The molecular formula is C19H18F3N5O4. The van der Waals surface area contributed by atoms with Crippen LogP contribution in [0.3, 0.4) is 0 Å². The summed E-state index contributed by atoms with van der Waals surface area (Å²) in [4.78, 5) is 12.3. The molecule has 4 rings (SSSR count). The van der Waals surface area contributed by atoms with Gasteiger partial charge in [-0.1, -0.05) is 18.2 Å². The molecule has 4 atom stereocenters. The zero-order valence-corrected chi connectivity index (χ0v) is 15.8.